The van der Waals surface area contributed by atoms with Gasteiger partial charge in [0.15, 0.2) is 0 Å². The van der Waals surface area contributed by atoms with Gasteiger partial charge in [-0.1, -0.05) is 90.4 Å². The molecule has 0 aromatic carbocycles. The van der Waals surface area contributed by atoms with Crippen LogP contribution < -0.4 is 4.72 Å². The Balaban J connectivity index is 0.0000116. The molecule has 0 amide bonds. The molecule has 0 radical (unpaired) electrons. The molecule has 1 heterocycles. The van der Waals surface area contributed by atoms with Gasteiger partial charge in [-0.2, -0.15) is 0 Å². The molecule has 0 aliphatic heterocycles. The zero-order valence-corrected chi connectivity index (χ0v) is 26.1. The van der Waals surface area contributed by atoms with E-state index in [2.05, 4.69) is 16.6 Å². The highest BCUT2D eigenvalue weighted by Crippen LogP contribution is 2.13. The van der Waals surface area contributed by atoms with Crippen LogP contribution in [0, 0.1) is 0 Å². The Labute approximate surface area is 236 Å². The third-order valence-corrected chi connectivity index (χ3v) is 8.37. The SMILES string of the molecule is CCCCCCCCCCCCCCCCOCC(CNS(=O)(=O)CCCc1nccs1)OC.I. The molecule has 0 bridgehead atoms. The molecule has 0 fully saturated rings. The zero-order valence-electron chi connectivity index (χ0n) is 22.2. The number of methoxy groups -OCH3 is 1. The van der Waals surface area contributed by atoms with Gasteiger partial charge in [0.2, 0.25) is 10.0 Å². The minimum atomic E-state index is -3.31. The Kier molecular flexibility index (Phi) is 24.7. The highest BCUT2D eigenvalue weighted by atomic mass is 127. The summed E-state index contributed by atoms with van der Waals surface area (Å²) >= 11 is 1.56. The van der Waals surface area contributed by atoms with Crippen LogP contribution in [0.5, 0.6) is 0 Å². The molecule has 1 atom stereocenters. The Morgan fingerprint density at radius 3 is 2.00 bits per heavy atom. The first kappa shape index (κ1) is 35.2. The van der Waals surface area contributed by atoms with Crippen molar-refractivity contribution in [3.63, 3.8) is 0 Å². The van der Waals surface area contributed by atoms with E-state index in [9.17, 15) is 8.42 Å². The largest absolute Gasteiger partial charge is 0.379 e. The van der Waals surface area contributed by atoms with Crippen LogP contribution in [-0.2, 0) is 25.9 Å². The molecule has 1 unspecified atom stereocenters. The average molecular weight is 647 g/mol. The molecule has 0 saturated carbocycles. The van der Waals surface area contributed by atoms with Crippen LogP contribution in [0.4, 0.5) is 0 Å². The van der Waals surface area contributed by atoms with Crippen LogP contribution in [-0.4, -0.2) is 52.1 Å². The van der Waals surface area contributed by atoms with Crippen molar-refractivity contribution >= 4 is 45.3 Å². The number of rotatable bonds is 25. The smallest absolute Gasteiger partial charge is 0.211 e. The van der Waals surface area contributed by atoms with Crippen LogP contribution in [0.25, 0.3) is 0 Å². The van der Waals surface area contributed by atoms with E-state index in [1.165, 1.54) is 83.5 Å². The van der Waals surface area contributed by atoms with Crippen molar-refractivity contribution in [2.24, 2.45) is 0 Å². The van der Waals surface area contributed by atoms with Crippen LogP contribution in [0.15, 0.2) is 11.6 Å². The summed E-state index contributed by atoms with van der Waals surface area (Å²) in [5.41, 5.74) is 0. The number of hydrogen-bond acceptors (Lipinski definition) is 6. The molecule has 0 saturated heterocycles. The molecule has 35 heavy (non-hydrogen) atoms. The number of hydrogen-bond donors (Lipinski definition) is 1. The summed E-state index contributed by atoms with van der Waals surface area (Å²) in [4.78, 5) is 4.18. The van der Waals surface area contributed by atoms with E-state index in [4.69, 9.17) is 9.47 Å². The van der Waals surface area contributed by atoms with Gasteiger partial charge >= 0.3 is 0 Å². The Morgan fingerprint density at radius 2 is 1.49 bits per heavy atom. The molecule has 0 spiro atoms. The molecule has 1 aromatic heterocycles. The van der Waals surface area contributed by atoms with E-state index in [-0.39, 0.29) is 42.4 Å². The average Bonchev–Trinajstić information content (AvgIpc) is 3.34. The molecular formula is C26H51IN2O4S2. The maximum Gasteiger partial charge on any atom is 0.211 e. The molecule has 1 N–H and O–H groups in total. The van der Waals surface area contributed by atoms with Crippen molar-refractivity contribution in [2.45, 2.75) is 116 Å². The van der Waals surface area contributed by atoms with Gasteiger partial charge in [-0.05, 0) is 12.8 Å². The van der Waals surface area contributed by atoms with E-state index >= 15 is 0 Å². The first-order chi connectivity index (χ1) is 16.6. The second-order valence-corrected chi connectivity index (χ2v) is 12.1. The minimum Gasteiger partial charge on any atom is -0.379 e. The number of ether oxygens (including phenoxy) is 2. The first-order valence-corrected chi connectivity index (χ1v) is 16.1. The summed E-state index contributed by atoms with van der Waals surface area (Å²) in [5, 5.41) is 2.88. The molecule has 1 aromatic rings. The van der Waals surface area contributed by atoms with Gasteiger partial charge in [0.25, 0.3) is 0 Å². The van der Waals surface area contributed by atoms with Gasteiger partial charge in [0.05, 0.1) is 23.5 Å². The summed E-state index contributed by atoms with van der Waals surface area (Å²) in [5.74, 6) is 0.100. The van der Waals surface area contributed by atoms with Crippen LogP contribution in [0.1, 0.15) is 108 Å². The number of thiazole rings is 1. The Hall–Kier alpha value is 0.190. The predicted molar refractivity (Wildman–Crippen MR) is 160 cm³/mol. The van der Waals surface area contributed by atoms with E-state index in [1.54, 1.807) is 24.6 Å². The van der Waals surface area contributed by atoms with Crippen molar-refractivity contribution in [3.8, 4) is 0 Å². The maximum atomic E-state index is 12.2. The number of sulfonamides is 1. The summed E-state index contributed by atoms with van der Waals surface area (Å²) in [6.45, 7) is 3.64. The van der Waals surface area contributed by atoms with E-state index in [1.807, 2.05) is 5.38 Å². The number of aromatic nitrogens is 1. The quantitative estimate of drug-likeness (QED) is 0.0904. The monoisotopic (exact) mass is 646 g/mol. The lowest BCUT2D eigenvalue weighted by Gasteiger charge is -2.16. The molecule has 1 rings (SSSR count). The van der Waals surface area contributed by atoms with Gasteiger partial charge in [0, 0.05) is 38.3 Å². The third kappa shape index (κ3) is 21.9. The lowest BCUT2D eigenvalue weighted by molar-refractivity contribution is 0.0106. The van der Waals surface area contributed by atoms with E-state index in [0.29, 0.717) is 26.1 Å². The molecule has 208 valence electrons. The molecule has 0 aliphatic rings. The summed E-state index contributed by atoms with van der Waals surface area (Å²) < 4.78 is 38.1. The first-order valence-electron chi connectivity index (χ1n) is 13.5. The van der Waals surface area contributed by atoms with Gasteiger partial charge < -0.3 is 9.47 Å². The lowest BCUT2D eigenvalue weighted by Crippen LogP contribution is -2.37. The number of aryl methyl sites for hydroxylation is 1. The Morgan fingerprint density at radius 1 is 0.914 bits per heavy atom. The fourth-order valence-electron chi connectivity index (χ4n) is 3.91. The minimum absolute atomic E-state index is 0. The molecule has 0 aliphatic carbocycles. The third-order valence-electron chi connectivity index (χ3n) is 6.10. The van der Waals surface area contributed by atoms with Gasteiger partial charge in [-0.15, -0.1) is 35.3 Å². The number of nitrogens with one attached hydrogen (secondary N) is 1. The number of halogens is 1. The molecular weight excluding hydrogens is 595 g/mol. The zero-order chi connectivity index (χ0) is 24.7. The summed E-state index contributed by atoms with van der Waals surface area (Å²) in [6.07, 6.45) is 21.5. The van der Waals surface area contributed by atoms with Crippen molar-refractivity contribution in [1.82, 2.24) is 9.71 Å². The van der Waals surface area contributed by atoms with Crippen LogP contribution in [0.3, 0.4) is 0 Å². The second-order valence-electron chi connectivity index (χ2n) is 9.23. The normalized spacial score (nSPS) is 12.5. The topological polar surface area (TPSA) is 77.5 Å². The van der Waals surface area contributed by atoms with Crippen molar-refractivity contribution in [2.75, 3.05) is 32.6 Å². The summed E-state index contributed by atoms with van der Waals surface area (Å²) in [6, 6.07) is 0. The van der Waals surface area contributed by atoms with E-state index < -0.39 is 10.0 Å². The van der Waals surface area contributed by atoms with Crippen LogP contribution in [0.2, 0.25) is 0 Å². The summed E-state index contributed by atoms with van der Waals surface area (Å²) in [7, 11) is -1.72. The molecule has 9 heteroatoms. The van der Waals surface area contributed by atoms with Gasteiger partial charge in [0.1, 0.15) is 0 Å². The molecule has 6 nitrogen and oxygen atoms in total. The number of unbranched alkanes of at least 4 members (excludes halogenated alkanes) is 13. The Bertz CT molecular complexity index is 660. The fraction of sp³-hybridized carbons (Fsp3) is 0.885. The number of nitrogens with zero attached hydrogens (tertiary/aromatic N) is 1. The van der Waals surface area contributed by atoms with E-state index in [0.717, 1.165) is 11.4 Å². The van der Waals surface area contributed by atoms with Crippen molar-refractivity contribution < 1.29 is 17.9 Å². The second kappa shape index (κ2) is 24.5. The van der Waals surface area contributed by atoms with Gasteiger partial charge in [-0.25, -0.2) is 18.1 Å². The van der Waals surface area contributed by atoms with Gasteiger partial charge in [-0.3, -0.25) is 0 Å². The predicted octanol–water partition coefficient (Wildman–Crippen LogP) is 7.13. The fourth-order valence-corrected chi connectivity index (χ4v) is 5.68. The lowest BCUT2D eigenvalue weighted by atomic mass is 10.0. The standard InChI is InChI=1S/C26H50N2O4S2.HI/c1-3-4-5-6-7-8-9-10-11-12-13-14-15-16-20-32-24-25(31-2)23-28-34(29,30)22-17-18-26-27-19-21-33-26;/h19,21,25,28H,3-18,20,22-24H2,1-2H3;1H. The maximum absolute atomic E-state index is 12.2. The van der Waals surface area contributed by atoms with Crippen molar-refractivity contribution in [3.05, 3.63) is 16.6 Å². The van der Waals surface area contributed by atoms with Crippen LogP contribution >= 0.6 is 35.3 Å². The van der Waals surface area contributed by atoms with Crippen molar-refractivity contribution in [1.29, 1.82) is 0 Å². The highest BCUT2D eigenvalue weighted by molar-refractivity contribution is 14.0. The highest BCUT2D eigenvalue weighted by Gasteiger charge is 2.15.